The molecule has 3 nitrogen and oxygen atoms in total. The molecule has 2 N–H and O–H groups in total. The Labute approximate surface area is 103 Å². The van der Waals surface area contributed by atoms with Crippen molar-refractivity contribution in [2.24, 2.45) is 5.73 Å². The van der Waals surface area contributed by atoms with Crippen LogP contribution in [0, 0.1) is 5.82 Å². The number of aromatic nitrogens is 1. The van der Waals surface area contributed by atoms with Crippen molar-refractivity contribution in [3.8, 4) is 11.6 Å². The predicted octanol–water partition coefficient (Wildman–Crippen LogP) is 2.65. The molecule has 17 heavy (non-hydrogen) atoms. The van der Waals surface area contributed by atoms with Crippen LogP contribution in [0.1, 0.15) is 5.69 Å². The second-order valence-corrected chi connectivity index (χ2v) is 3.72. The summed E-state index contributed by atoms with van der Waals surface area (Å²) in [6.07, 6.45) is 0. The first-order valence-electron chi connectivity index (χ1n) is 4.85. The average Bonchev–Trinajstić information content (AvgIpc) is 2.32. The predicted molar refractivity (Wildman–Crippen MR) is 66.6 cm³/mol. The first-order valence-corrected chi connectivity index (χ1v) is 5.26. The van der Waals surface area contributed by atoms with Crippen LogP contribution < -0.4 is 10.5 Å². The molecule has 0 spiro atoms. The SMILES string of the molecule is NC(=S)c1cccc(Oc2ccc(F)cc2)n1. The molecule has 0 aliphatic heterocycles. The molecule has 0 aliphatic rings. The molecule has 0 fully saturated rings. The van der Waals surface area contributed by atoms with E-state index in [9.17, 15) is 4.39 Å². The molecule has 0 amide bonds. The van der Waals surface area contributed by atoms with E-state index < -0.39 is 0 Å². The van der Waals surface area contributed by atoms with E-state index >= 15 is 0 Å². The van der Waals surface area contributed by atoms with Crippen molar-refractivity contribution in [2.75, 3.05) is 0 Å². The number of hydrogen-bond acceptors (Lipinski definition) is 3. The molecular weight excluding hydrogens is 239 g/mol. The van der Waals surface area contributed by atoms with Crippen LogP contribution in [0.25, 0.3) is 0 Å². The third kappa shape index (κ3) is 2.98. The largest absolute Gasteiger partial charge is 0.439 e. The number of nitrogens with two attached hydrogens (primary N) is 1. The molecule has 0 saturated heterocycles. The van der Waals surface area contributed by atoms with E-state index in [0.717, 1.165) is 0 Å². The van der Waals surface area contributed by atoms with E-state index in [1.807, 2.05) is 0 Å². The lowest BCUT2D eigenvalue weighted by atomic mass is 10.3. The Morgan fingerprint density at radius 2 is 1.88 bits per heavy atom. The molecule has 2 rings (SSSR count). The Morgan fingerprint density at radius 3 is 2.53 bits per heavy atom. The fourth-order valence-electron chi connectivity index (χ4n) is 1.23. The minimum atomic E-state index is -0.317. The maximum atomic E-state index is 12.7. The molecule has 2 aromatic rings. The van der Waals surface area contributed by atoms with Crippen molar-refractivity contribution in [3.05, 3.63) is 54.0 Å². The van der Waals surface area contributed by atoms with Gasteiger partial charge in [0.15, 0.2) is 0 Å². The number of benzene rings is 1. The van der Waals surface area contributed by atoms with Crippen LogP contribution in [0.2, 0.25) is 0 Å². The number of halogens is 1. The zero-order valence-corrected chi connectivity index (χ0v) is 9.58. The Balaban J connectivity index is 2.21. The van der Waals surface area contributed by atoms with Gasteiger partial charge in [0.1, 0.15) is 22.2 Å². The zero-order chi connectivity index (χ0) is 12.3. The van der Waals surface area contributed by atoms with Crippen LogP contribution in [0.3, 0.4) is 0 Å². The Bertz CT molecular complexity index is 542. The fourth-order valence-corrected chi connectivity index (χ4v) is 1.35. The molecule has 0 aliphatic carbocycles. The molecule has 1 aromatic carbocycles. The smallest absolute Gasteiger partial charge is 0.219 e. The van der Waals surface area contributed by atoms with E-state index in [4.69, 9.17) is 22.7 Å². The maximum Gasteiger partial charge on any atom is 0.219 e. The summed E-state index contributed by atoms with van der Waals surface area (Å²) in [6, 6.07) is 10.8. The molecule has 5 heteroatoms. The number of hydrogen-bond donors (Lipinski definition) is 1. The molecular formula is C12H9FN2OS. The molecule has 0 saturated carbocycles. The van der Waals surface area contributed by atoms with Gasteiger partial charge < -0.3 is 10.5 Å². The third-order valence-corrected chi connectivity index (χ3v) is 2.22. The number of ether oxygens (including phenoxy) is 1. The summed E-state index contributed by atoms with van der Waals surface area (Å²) in [4.78, 5) is 4.31. The van der Waals surface area contributed by atoms with Gasteiger partial charge in [-0.2, -0.15) is 0 Å². The minimum absolute atomic E-state index is 0.203. The van der Waals surface area contributed by atoms with E-state index in [2.05, 4.69) is 4.98 Å². The van der Waals surface area contributed by atoms with Crippen LogP contribution in [-0.2, 0) is 0 Å². The lowest BCUT2D eigenvalue weighted by Crippen LogP contribution is -2.11. The van der Waals surface area contributed by atoms with Crippen LogP contribution in [0.15, 0.2) is 42.5 Å². The first kappa shape index (κ1) is 11.5. The van der Waals surface area contributed by atoms with Gasteiger partial charge in [0, 0.05) is 6.07 Å². The number of nitrogens with zero attached hydrogens (tertiary/aromatic N) is 1. The quantitative estimate of drug-likeness (QED) is 0.848. The molecule has 0 atom stereocenters. The van der Waals surface area contributed by atoms with Crippen LogP contribution in [0.4, 0.5) is 4.39 Å². The van der Waals surface area contributed by atoms with E-state index in [1.54, 1.807) is 18.2 Å². The molecule has 1 heterocycles. The van der Waals surface area contributed by atoms with E-state index in [-0.39, 0.29) is 10.8 Å². The average molecular weight is 248 g/mol. The van der Waals surface area contributed by atoms with Crippen molar-refractivity contribution in [2.45, 2.75) is 0 Å². The van der Waals surface area contributed by atoms with Gasteiger partial charge in [-0.05, 0) is 30.3 Å². The highest BCUT2D eigenvalue weighted by Gasteiger charge is 2.02. The summed E-state index contributed by atoms with van der Waals surface area (Å²) < 4.78 is 18.1. The minimum Gasteiger partial charge on any atom is -0.439 e. The molecule has 0 radical (unpaired) electrons. The van der Waals surface area contributed by atoms with E-state index in [1.165, 1.54) is 24.3 Å². The highest BCUT2D eigenvalue weighted by Crippen LogP contribution is 2.19. The van der Waals surface area contributed by atoms with Gasteiger partial charge in [-0.15, -0.1) is 0 Å². The van der Waals surface area contributed by atoms with Gasteiger partial charge in [0.05, 0.1) is 0 Å². The highest BCUT2D eigenvalue weighted by molar-refractivity contribution is 7.80. The van der Waals surface area contributed by atoms with Gasteiger partial charge in [-0.1, -0.05) is 18.3 Å². The Morgan fingerprint density at radius 1 is 1.18 bits per heavy atom. The number of rotatable bonds is 3. The van der Waals surface area contributed by atoms with Crippen molar-refractivity contribution in [1.82, 2.24) is 4.98 Å². The van der Waals surface area contributed by atoms with Crippen LogP contribution >= 0.6 is 12.2 Å². The summed E-state index contributed by atoms with van der Waals surface area (Å²) in [5.74, 6) is 0.545. The molecule has 0 bridgehead atoms. The Hall–Kier alpha value is -2.01. The standard InChI is InChI=1S/C12H9FN2OS/c13-8-4-6-9(7-5-8)16-11-3-1-2-10(15-11)12(14)17/h1-7H,(H2,14,17). The monoisotopic (exact) mass is 248 g/mol. The fraction of sp³-hybridized carbons (Fsp3) is 0. The van der Waals surface area contributed by atoms with Crippen molar-refractivity contribution in [3.63, 3.8) is 0 Å². The summed E-state index contributed by atoms with van der Waals surface area (Å²) in [7, 11) is 0. The van der Waals surface area contributed by atoms with Gasteiger partial charge in [0.2, 0.25) is 5.88 Å². The second-order valence-electron chi connectivity index (χ2n) is 3.28. The normalized spacial score (nSPS) is 9.94. The zero-order valence-electron chi connectivity index (χ0n) is 8.76. The van der Waals surface area contributed by atoms with Crippen molar-refractivity contribution in [1.29, 1.82) is 0 Å². The van der Waals surface area contributed by atoms with Gasteiger partial charge in [-0.25, -0.2) is 9.37 Å². The molecule has 1 aromatic heterocycles. The maximum absolute atomic E-state index is 12.7. The summed E-state index contributed by atoms with van der Waals surface area (Å²) in [5.41, 5.74) is 5.95. The van der Waals surface area contributed by atoms with Crippen LogP contribution in [0.5, 0.6) is 11.6 Å². The number of thiocarbonyl (C=S) groups is 1. The summed E-state index contributed by atoms with van der Waals surface area (Å²) in [5, 5.41) is 0. The first-order chi connectivity index (χ1) is 8.15. The van der Waals surface area contributed by atoms with Crippen molar-refractivity contribution >= 4 is 17.2 Å². The summed E-state index contributed by atoms with van der Waals surface area (Å²) in [6.45, 7) is 0. The lowest BCUT2D eigenvalue weighted by Gasteiger charge is -2.05. The van der Waals surface area contributed by atoms with Crippen molar-refractivity contribution < 1.29 is 9.13 Å². The van der Waals surface area contributed by atoms with Gasteiger partial charge in [-0.3, -0.25) is 0 Å². The highest BCUT2D eigenvalue weighted by atomic mass is 32.1. The summed E-state index contributed by atoms with van der Waals surface area (Å²) >= 11 is 4.81. The second kappa shape index (κ2) is 4.88. The molecule has 0 unspecified atom stereocenters. The lowest BCUT2D eigenvalue weighted by molar-refractivity contribution is 0.461. The number of pyridine rings is 1. The third-order valence-electron chi connectivity index (χ3n) is 2.01. The van der Waals surface area contributed by atoms with Crippen LogP contribution in [-0.4, -0.2) is 9.97 Å². The van der Waals surface area contributed by atoms with Gasteiger partial charge in [0.25, 0.3) is 0 Å². The Kier molecular flexibility index (Phi) is 3.30. The topological polar surface area (TPSA) is 48.1 Å². The van der Waals surface area contributed by atoms with E-state index in [0.29, 0.717) is 17.3 Å². The van der Waals surface area contributed by atoms with Gasteiger partial charge >= 0.3 is 0 Å². The molecule has 86 valence electrons.